The van der Waals surface area contributed by atoms with E-state index in [1.165, 1.54) is 50.8 Å². The van der Waals surface area contributed by atoms with Crippen LogP contribution in [0, 0.1) is 11.3 Å². The van der Waals surface area contributed by atoms with E-state index < -0.39 is 0 Å². The van der Waals surface area contributed by atoms with Crippen LogP contribution in [0.5, 0.6) is 0 Å². The molecule has 2 atom stereocenters. The number of piperidine rings is 1. The van der Waals surface area contributed by atoms with Gasteiger partial charge in [0.15, 0.2) is 0 Å². The molecule has 3 heteroatoms. The largest absolute Gasteiger partial charge is 0.311 e. The van der Waals surface area contributed by atoms with E-state index in [1.54, 1.807) is 12.5 Å². The van der Waals surface area contributed by atoms with Gasteiger partial charge >= 0.3 is 0 Å². The molecule has 3 aliphatic rings. The highest BCUT2D eigenvalue weighted by atomic mass is 16.1. The smallest absolute Gasteiger partial charge is 0.131 e. The molecule has 2 aliphatic carbocycles. The third kappa shape index (κ3) is 4.75. The van der Waals surface area contributed by atoms with E-state index in [0.717, 1.165) is 31.3 Å². The van der Waals surface area contributed by atoms with Crippen molar-refractivity contribution in [1.29, 1.82) is 0 Å². The van der Waals surface area contributed by atoms with E-state index in [-0.39, 0.29) is 0 Å². The number of hydrogen-bond donors (Lipinski definition) is 1. The zero-order valence-electron chi connectivity index (χ0n) is 17.6. The van der Waals surface area contributed by atoms with Crippen molar-refractivity contribution in [1.82, 2.24) is 10.2 Å². The fraction of sp³-hybridized carbons (Fsp3) is 0.640. The first-order valence-electron chi connectivity index (χ1n) is 11.3. The summed E-state index contributed by atoms with van der Waals surface area (Å²) >= 11 is 0. The molecular formula is C25H36N2O. The Bertz CT molecular complexity index is 695. The molecule has 1 aliphatic heterocycles. The molecule has 28 heavy (non-hydrogen) atoms. The van der Waals surface area contributed by atoms with Crippen molar-refractivity contribution in [3.05, 3.63) is 41.5 Å². The van der Waals surface area contributed by atoms with Gasteiger partial charge in [-0.1, -0.05) is 48.9 Å². The molecule has 4 rings (SSSR count). The predicted molar refractivity (Wildman–Crippen MR) is 116 cm³/mol. The van der Waals surface area contributed by atoms with Gasteiger partial charge in [-0.2, -0.15) is 0 Å². The molecule has 1 saturated heterocycles. The van der Waals surface area contributed by atoms with E-state index in [1.807, 2.05) is 0 Å². The van der Waals surface area contributed by atoms with Crippen LogP contribution in [0.4, 0.5) is 0 Å². The Morgan fingerprint density at radius 2 is 1.93 bits per heavy atom. The van der Waals surface area contributed by atoms with Crippen LogP contribution in [-0.4, -0.2) is 42.4 Å². The number of carbonyl (C=O) groups excluding carboxylic acids is 1. The van der Waals surface area contributed by atoms with Gasteiger partial charge in [0.1, 0.15) is 5.78 Å². The maximum absolute atomic E-state index is 11.2. The number of carbonyl (C=O) groups is 1. The maximum atomic E-state index is 11.2. The van der Waals surface area contributed by atoms with Gasteiger partial charge < -0.3 is 10.2 Å². The molecule has 152 valence electrons. The second kappa shape index (κ2) is 8.51. The van der Waals surface area contributed by atoms with Crippen LogP contribution in [0.2, 0.25) is 0 Å². The number of Topliss-reactive ketones (excluding diaryl/α,β-unsaturated/α-hetero) is 1. The second-order valence-corrected chi connectivity index (χ2v) is 9.50. The van der Waals surface area contributed by atoms with Gasteiger partial charge in [-0.25, -0.2) is 0 Å². The minimum Gasteiger partial charge on any atom is -0.311 e. The summed E-state index contributed by atoms with van der Waals surface area (Å²) in [6, 6.07) is 12.2. The molecule has 1 spiro atoms. The minimum absolute atomic E-state index is 0.319. The highest BCUT2D eigenvalue weighted by Crippen LogP contribution is 2.51. The lowest BCUT2D eigenvalue weighted by Crippen LogP contribution is -2.54. The highest BCUT2D eigenvalue weighted by molar-refractivity contribution is 5.75. The molecule has 2 saturated carbocycles. The quantitative estimate of drug-likeness (QED) is 0.710. The van der Waals surface area contributed by atoms with Crippen molar-refractivity contribution in [3.63, 3.8) is 0 Å². The number of nitrogens with zero attached hydrogens (tertiary/aromatic N) is 1. The summed E-state index contributed by atoms with van der Waals surface area (Å²) in [6.45, 7) is 7.34. The molecule has 1 heterocycles. The third-order valence-electron chi connectivity index (χ3n) is 7.33. The Labute approximate surface area is 170 Å². The first-order valence-corrected chi connectivity index (χ1v) is 11.3. The summed E-state index contributed by atoms with van der Waals surface area (Å²) in [6.07, 6.45) is 11.0. The van der Waals surface area contributed by atoms with Crippen LogP contribution in [0.15, 0.2) is 35.9 Å². The summed E-state index contributed by atoms with van der Waals surface area (Å²) in [7, 11) is 0. The predicted octanol–water partition coefficient (Wildman–Crippen LogP) is 4.68. The zero-order chi connectivity index (χ0) is 19.6. The topological polar surface area (TPSA) is 32.3 Å². The minimum atomic E-state index is 0.319. The fourth-order valence-corrected chi connectivity index (χ4v) is 5.40. The lowest BCUT2D eigenvalue weighted by molar-refractivity contribution is -0.117. The van der Waals surface area contributed by atoms with Crippen LogP contribution in [-0.2, 0) is 4.79 Å². The highest BCUT2D eigenvalue weighted by Gasteiger charge is 2.49. The Hall–Kier alpha value is -1.45. The first kappa shape index (κ1) is 19.8. The zero-order valence-corrected chi connectivity index (χ0v) is 17.6. The molecular weight excluding hydrogens is 344 g/mol. The number of benzene rings is 1. The maximum Gasteiger partial charge on any atom is 0.131 e. The van der Waals surface area contributed by atoms with Crippen molar-refractivity contribution in [2.45, 2.75) is 70.9 Å². The molecule has 1 aromatic carbocycles. The van der Waals surface area contributed by atoms with E-state index in [4.69, 9.17) is 0 Å². The number of likely N-dealkylation sites (tertiary alicyclic amines) is 1. The summed E-state index contributed by atoms with van der Waals surface area (Å²) in [5.41, 5.74) is 3.54. The van der Waals surface area contributed by atoms with Gasteiger partial charge in [0.25, 0.3) is 0 Å². The van der Waals surface area contributed by atoms with Crippen molar-refractivity contribution in [3.8, 4) is 0 Å². The van der Waals surface area contributed by atoms with Gasteiger partial charge in [-0.15, -0.1) is 0 Å². The molecule has 1 N–H and O–H groups in total. The summed E-state index contributed by atoms with van der Waals surface area (Å²) < 4.78 is 0. The van der Waals surface area contributed by atoms with Crippen molar-refractivity contribution >= 4 is 11.9 Å². The lowest BCUT2D eigenvalue weighted by atomic mass is 9.60. The van der Waals surface area contributed by atoms with E-state index in [0.29, 0.717) is 17.2 Å². The number of hydrogen-bond acceptors (Lipinski definition) is 3. The van der Waals surface area contributed by atoms with Crippen molar-refractivity contribution in [2.75, 3.05) is 19.6 Å². The van der Waals surface area contributed by atoms with Gasteiger partial charge in [-0.3, -0.25) is 4.79 Å². The van der Waals surface area contributed by atoms with Crippen LogP contribution in [0.1, 0.15) is 64.4 Å². The van der Waals surface area contributed by atoms with E-state index >= 15 is 0 Å². The summed E-state index contributed by atoms with van der Waals surface area (Å²) in [4.78, 5) is 13.7. The van der Waals surface area contributed by atoms with E-state index in [9.17, 15) is 4.79 Å². The molecule has 0 radical (unpaired) electrons. The molecule has 0 aromatic heterocycles. The number of ketones is 1. The Morgan fingerprint density at radius 3 is 2.57 bits per heavy atom. The molecule has 0 unspecified atom stereocenters. The average molecular weight is 381 g/mol. The van der Waals surface area contributed by atoms with Crippen LogP contribution < -0.4 is 5.32 Å². The van der Waals surface area contributed by atoms with Gasteiger partial charge in [-0.05, 0) is 75.4 Å². The Kier molecular flexibility index (Phi) is 6.03. The normalized spacial score (nSPS) is 27.6. The van der Waals surface area contributed by atoms with E-state index in [2.05, 4.69) is 53.5 Å². The van der Waals surface area contributed by atoms with Crippen molar-refractivity contribution < 1.29 is 4.79 Å². The van der Waals surface area contributed by atoms with Gasteiger partial charge in [0.05, 0.1) is 0 Å². The Balaban J connectivity index is 1.20. The van der Waals surface area contributed by atoms with Gasteiger partial charge in [0, 0.05) is 25.0 Å². The van der Waals surface area contributed by atoms with Crippen LogP contribution in [0.25, 0.3) is 6.08 Å². The lowest BCUT2D eigenvalue weighted by Gasteiger charge is -2.52. The SMILES string of the molecule is CC/C(=C\c1ccccc1)[C@@H]1C[C@H]1NC1CC2(CCN(CCC(C)=O)CC2)C1. The number of nitrogens with one attached hydrogen (secondary N) is 1. The molecule has 3 fully saturated rings. The van der Waals surface area contributed by atoms with Crippen LogP contribution >= 0.6 is 0 Å². The third-order valence-corrected chi connectivity index (χ3v) is 7.33. The summed E-state index contributed by atoms with van der Waals surface area (Å²) in [5, 5.41) is 3.96. The van der Waals surface area contributed by atoms with Crippen molar-refractivity contribution in [2.24, 2.45) is 11.3 Å². The fourth-order valence-electron chi connectivity index (χ4n) is 5.40. The molecule has 0 amide bonds. The molecule has 1 aromatic rings. The second-order valence-electron chi connectivity index (χ2n) is 9.50. The monoisotopic (exact) mass is 380 g/mol. The van der Waals surface area contributed by atoms with Crippen LogP contribution in [0.3, 0.4) is 0 Å². The molecule has 3 nitrogen and oxygen atoms in total. The summed E-state index contributed by atoms with van der Waals surface area (Å²) in [5.74, 6) is 1.06. The Morgan fingerprint density at radius 1 is 1.21 bits per heavy atom. The average Bonchev–Trinajstić information content (AvgIpc) is 3.44. The first-order chi connectivity index (χ1) is 13.6. The standard InChI is InChI=1S/C25H36N2O/c1-3-21(15-20-7-5-4-6-8-20)23-16-24(23)26-22-17-25(18-22)10-13-27(14-11-25)12-9-19(2)28/h4-8,15,22-24,26H,3,9-14,16-18H2,1-2H3/b21-15+/t23-,24+/m0/s1. The molecule has 0 bridgehead atoms. The van der Waals surface area contributed by atoms with Gasteiger partial charge in [0.2, 0.25) is 0 Å². The number of rotatable bonds is 8.